The maximum atomic E-state index is 6.38. The SMILES string of the molecule is Cc1ccc2nc(C(C)Cl)n(CC3CCC(C)CC3)c2c1. The molecule has 0 N–H and O–H groups in total. The molecule has 0 saturated heterocycles. The summed E-state index contributed by atoms with van der Waals surface area (Å²) in [5, 5.41) is -0.0415. The fourth-order valence-corrected chi connectivity index (χ4v) is 3.68. The molecule has 0 spiro atoms. The topological polar surface area (TPSA) is 17.8 Å². The van der Waals surface area contributed by atoms with E-state index in [4.69, 9.17) is 16.6 Å². The molecular formula is C18H25ClN2. The molecule has 1 unspecified atom stereocenters. The van der Waals surface area contributed by atoms with Crippen molar-refractivity contribution in [2.45, 2.75) is 58.4 Å². The quantitative estimate of drug-likeness (QED) is 0.687. The van der Waals surface area contributed by atoms with E-state index in [1.54, 1.807) is 0 Å². The van der Waals surface area contributed by atoms with Crippen LogP contribution in [-0.4, -0.2) is 9.55 Å². The van der Waals surface area contributed by atoms with Gasteiger partial charge in [-0.2, -0.15) is 0 Å². The number of hydrogen-bond donors (Lipinski definition) is 0. The Hall–Kier alpha value is -1.02. The van der Waals surface area contributed by atoms with Crippen LogP contribution in [0.5, 0.6) is 0 Å². The zero-order valence-corrected chi connectivity index (χ0v) is 14.0. The van der Waals surface area contributed by atoms with Gasteiger partial charge in [0.15, 0.2) is 0 Å². The van der Waals surface area contributed by atoms with Gasteiger partial charge in [0.1, 0.15) is 5.82 Å². The van der Waals surface area contributed by atoms with Gasteiger partial charge in [0.05, 0.1) is 16.4 Å². The van der Waals surface area contributed by atoms with Crippen molar-refractivity contribution in [2.75, 3.05) is 0 Å². The van der Waals surface area contributed by atoms with Gasteiger partial charge < -0.3 is 4.57 Å². The van der Waals surface area contributed by atoms with Crippen molar-refractivity contribution in [1.29, 1.82) is 0 Å². The van der Waals surface area contributed by atoms with Crippen LogP contribution < -0.4 is 0 Å². The summed E-state index contributed by atoms with van der Waals surface area (Å²) in [7, 11) is 0. The van der Waals surface area contributed by atoms with Gasteiger partial charge in [0.2, 0.25) is 0 Å². The molecule has 1 fully saturated rings. The highest BCUT2D eigenvalue weighted by Gasteiger charge is 2.22. The number of benzene rings is 1. The third kappa shape index (κ3) is 3.11. The van der Waals surface area contributed by atoms with Gasteiger partial charge in [-0.3, -0.25) is 0 Å². The van der Waals surface area contributed by atoms with Gasteiger partial charge in [0, 0.05) is 6.54 Å². The number of aromatic nitrogens is 2. The highest BCUT2D eigenvalue weighted by Crippen LogP contribution is 2.32. The van der Waals surface area contributed by atoms with Crippen molar-refractivity contribution in [3.05, 3.63) is 29.6 Å². The minimum Gasteiger partial charge on any atom is -0.326 e. The molecule has 1 aromatic heterocycles. The predicted octanol–water partition coefficient (Wildman–Crippen LogP) is 5.47. The molecule has 1 atom stereocenters. The summed E-state index contributed by atoms with van der Waals surface area (Å²) < 4.78 is 2.38. The third-order valence-electron chi connectivity index (χ3n) is 4.87. The van der Waals surface area contributed by atoms with E-state index in [1.165, 1.54) is 36.8 Å². The van der Waals surface area contributed by atoms with Crippen molar-refractivity contribution < 1.29 is 0 Å². The first-order chi connectivity index (χ1) is 10.0. The highest BCUT2D eigenvalue weighted by atomic mass is 35.5. The average Bonchev–Trinajstić information content (AvgIpc) is 2.80. The average molecular weight is 305 g/mol. The maximum absolute atomic E-state index is 6.38. The summed E-state index contributed by atoms with van der Waals surface area (Å²) >= 11 is 6.38. The summed E-state index contributed by atoms with van der Waals surface area (Å²) in [5.41, 5.74) is 3.61. The molecule has 0 radical (unpaired) electrons. The van der Waals surface area contributed by atoms with Gasteiger partial charge in [-0.15, -0.1) is 11.6 Å². The van der Waals surface area contributed by atoms with E-state index in [-0.39, 0.29) is 5.38 Å². The lowest BCUT2D eigenvalue weighted by Crippen LogP contribution is -2.19. The summed E-state index contributed by atoms with van der Waals surface area (Å²) in [5.74, 6) is 2.69. The second kappa shape index (κ2) is 6.00. The van der Waals surface area contributed by atoms with Gasteiger partial charge in [-0.1, -0.05) is 25.8 Å². The molecule has 0 aliphatic heterocycles. The number of rotatable bonds is 3. The molecule has 1 aliphatic rings. The van der Waals surface area contributed by atoms with Gasteiger partial charge >= 0.3 is 0 Å². The van der Waals surface area contributed by atoms with Crippen LogP contribution in [0.3, 0.4) is 0 Å². The number of alkyl halides is 1. The van der Waals surface area contributed by atoms with Crippen molar-refractivity contribution in [1.82, 2.24) is 9.55 Å². The Morgan fingerprint density at radius 3 is 2.67 bits per heavy atom. The maximum Gasteiger partial charge on any atom is 0.127 e. The van der Waals surface area contributed by atoms with Crippen LogP contribution >= 0.6 is 11.6 Å². The molecular weight excluding hydrogens is 280 g/mol. The first kappa shape index (κ1) is 14.9. The molecule has 0 bridgehead atoms. The normalized spacial score (nSPS) is 24.4. The molecule has 1 heterocycles. The fourth-order valence-electron chi connectivity index (χ4n) is 3.52. The minimum absolute atomic E-state index is 0.0415. The Balaban J connectivity index is 1.95. The number of imidazole rings is 1. The van der Waals surface area contributed by atoms with Crippen LogP contribution in [-0.2, 0) is 6.54 Å². The van der Waals surface area contributed by atoms with E-state index in [9.17, 15) is 0 Å². The molecule has 2 aromatic rings. The first-order valence-electron chi connectivity index (χ1n) is 8.15. The third-order valence-corrected chi connectivity index (χ3v) is 5.06. The van der Waals surface area contributed by atoms with Crippen LogP contribution in [0.4, 0.5) is 0 Å². The lowest BCUT2D eigenvalue weighted by Gasteiger charge is -2.27. The second-order valence-corrected chi connectivity index (χ2v) is 7.47. The lowest BCUT2D eigenvalue weighted by atomic mass is 9.83. The summed E-state index contributed by atoms with van der Waals surface area (Å²) in [6.45, 7) is 7.61. The molecule has 2 nitrogen and oxygen atoms in total. The van der Waals surface area contributed by atoms with Crippen LogP contribution in [0.25, 0.3) is 11.0 Å². The Morgan fingerprint density at radius 2 is 2.00 bits per heavy atom. The monoisotopic (exact) mass is 304 g/mol. The Morgan fingerprint density at radius 1 is 1.29 bits per heavy atom. The highest BCUT2D eigenvalue weighted by molar-refractivity contribution is 6.20. The van der Waals surface area contributed by atoms with Gasteiger partial charge in [0.25, 0.3) is 0 Å². The molecule has 1 aromatic carbocycles. The van der Waals surface area contributed by atoms with E-state index >= 15 is 0 Å². The summed E-state index contributed by atoms with van der Waals surface area (Å²) in [6.07, 6.45) is 5.40. The number of aryl methyl sites for hydroxylation is 1. The summed E-state index contributed by atoms with van der Waals surface area (Å²) in [4.78, 5) is 4.76. The van der Waals surface area contributed by atoms with E-state index in [0.717, 1.165) is 29.7 Å². The van der Waals surface area contributed by atoms with Crippen LogP contribution in [0.1, 0.15) is 56.3 Å². The molecule has 21 heavy (non-hydrogen) atoms. The van der Waals surface area contributed by atoms with Gasteiger partial charge in [-0.05, 0) is 56.2 Å². The number of fused-ring (bicyclic) bond motifs is 1. The number of hydrogen-bond acceptors (Lipinski definition) is 1. The molecule has 1 saturated carbocycles. The molecule has 1 aliphatic carbocycles. The number of halogens is 1. The zero-order valence-electron chi connectivity index (χ0n) is 13.3. The minimum atomic E-state index is -0.0415. The van der Waals surface area contributed by atoms with Crippen LogP contribution in [0.15, 0.2) is 18.2 Å². The first-order valence-corrected chi connectivity index (χ1v) is 8.59. The Bertz CT molecular complexity index is 621. The van der Waals surface area contributed by atoms with Crippen molar-refractivity contribution >= 4 is 22.6 Å². The lowest BCUT2D eigenvalue weighted by molar-refractivity contribution is 0.265. The standard InChI is InChI=1S/C18H25ClN2/c1-12-4-7-15(8-5-12)11-21-17-10-13(2)6-9-16(17)20-18(21)14(3)19/h6,9-10,12,14-15H,4-5,7-8,11H2,1-3H3. The molecule has 3 rings (SSSR count). The van der Waals surface area contributed by atoms with Crippen molar-refractivity contribution in [2.24, 2.45) is 11.8 Å². The van der Waals surface area contributed by atoms with Crippen LogP contribution in [0, 0.1) is 18.8 Å². The van der Waals surface area contributed by atoms with Crippen molar-refractivity contribution in [3.63, 3.8) is 0 Å². The van der Waals surface area contributed by atoms with E-state index in [1.807, 2.05) is 6.92 Å². The summed E-state index contributed by atoms with van der Waals surface area (Å²) in [6, 6.07) is 6.49. The largest absolute Gasteiger partial charge is 0.326 e. The Kier molecular flexibility index (Phi) is 4.26. The fraction of sp³-hybridized carbons (Fsp3) is 0.611. The zero-order chi connectivity index (χ0) is 15.0. The Labute approximate surface area is 132 Å². The number of nitrogens with zero attached hydrogens (tertiary/aromatic N) is 2. The molecule has 3 heteroatoms. The van der Waals surface area contributed by atoms with E-state index in [0.29, 0.717) is 0 Å². The van der Waals surface area contributed by atoms with E-state index < -0.39 is 0 Å². The smallest absolute Gasteiger partial charge is 0.127 e. The predicted molar refractivity (Wildman–Crippen MR) is 89.9 cm³/mol. The molecule has 0 amide bonds. The van der Waals surface area contributed by atoms with Gasteiger partial charge in [-0.25, -0.2) is 4.98 Å². The molecule has 114 valence electrons. The van der Waals surface area contributed by atoms with Crippen LogP contribution in [0.2, 0.25) is 0 Å². The van der Waals surface area contributed by atoms with Crippen molar-refractivity contribution in [3.8, 4) is 0 Å². The van der Waals surface area contributed by atoms with E-state index in [2.05, 4.69) is 36.6 Å². The second-order valence-electron chi connectivity index (χ2n) is 6.81.